The molecule has 0 aliphatic heterocycles. The zero-order chi connectivity index (χ0) is 31.1. The minimum absolute atomic E-state index is 0.00494. The fraction of sp³-hybridized carbons (Fsp3) is 0.375. The summed E-state index contributed by atoms with van der Waals surface area (Å²) in [6, 6.07) is 17.2. The lowest BCUT2D eigenvalue weighted by Gasteiger charge is -2.34. The number of benzene rings is 3. The summed E-state index contributed by atoms with van der Waals surface area (Å²) in [5, 5.41) is 3.48. The number of aryl methyl sites for hydroxylation is 1. The molecule has 11 heteroatoms. The normalized spacial score (nSPS) is 14.3. The molecule has 0 aromatic heterocycles. The molecule has 8 nitrogen and oxygen atoms in total. The Morgan fingerprint density at radius 1 is 1.00 bits per heavy atom. The van der Waals surface area contributed by atoms with Crippen LogP contribution < -0.4 is 14.4 Å². The number of methoxy groups -OCH3 is 1. The molecule has 1 saturated carbocycles. The van der Waals surface area contributed by atoms with Crippen LogP contribution in [-0.4, -0.2) is 50.9 Å². The third-order valence-corrected chi connectivity index (χ3v) is 9.99. The van der Waals surface area contributed by atoms with Crippen molar-refractivity contribution < 1.29 is 22.7 Å². The first-order valence-corrected chi connectivity index (χ1v) is 16.5. The molecule has 2 amide bonds. The van der Waals surface area contributed by atoms with Crippen LogP contribution in [0.15, 0.2) is 71.6 Å². The van der Waals surface area contributed by atoms with E-state index in [9.17, 15) is 18.0 Å². The molecule has 0 saturated heterocycles. The number of amides is 2. The molecule has 0 bridgehead atoms. The van der Waals surface area contributed by atoms with Crippen LogP contribution in [0.1, 0.15) is 50.2 Å². The van der Waals surface area contributed by atoms with Gasteiger partial charge in [0.05, 0.1) is 22.7 Å². The third kappa shape index (κ3) is 8.02. The Morgan fingerprint density at radius 2 is 1.65 bits per heavy atom. The maximum absolute atomic E-state index is 14.3. The molecular weight excluding hydrogens is 609 g/mol. The van der Waals surface area contributed by atoms with Crippen LogP contribution in [0.2, 0.25) is 10.0 Å². The Balaban J connectivity index is 1.74. The van der Waals surface area contributed by atoms with Crippen molar-refractivity contribution in [2.45, 2.75) is 69.5 Å². The molecule has 1 N–H and O–H groups in total. The van der Waals surface area contributed by atoms with E-state index in [0.717, 1.165) is 41.1 Å². The SMILES string of the molecule is CC[C@@H](C(=O)NC1CCCC1)N(Cc1ccc(OC)cc1)C(=O)CN(c1cc(Cl)ccc1Cl)S(=O)(=O)c1ccc(C)cc1. The summed E-state index contributed by atoms with van der Waals surface area (Å²) < 4.78 is 34.4. The highest BCUT2D eigenvalue weighted by Crippen LogP contribution is 2.33. The van der Waals surface area contributed by atoms with Crippen LogP contribution in [0.3, 0.4) is 0 Å². The average Bonchev–Trinajstić information content (AvgIpc) is 3.50. The minimum Gasteiger partial charge on any atom is -0.497 e. The molecule has 0 unspecified atom stereocenters. The van der Waals surface area contributed by atoms with E-state index < -0.39 is 28.5 Å². The Morgan fingerprint density at radius 3 is 2.26 bits per heavy atom. The summed E-state index contributed by atoms with van der Waals surface area (Å²) in [7, 11) is -2.70. The van der Waals surface area contributed by atoms with Gasteiger partial charge in [0, 0.05) is 17.6 Å². The second kappa shape index (κ2) is 14.5. The van der Waals surface area contributed by atoms with Gasteiger partial charge in [0.1, 0.15) is 18.3 Å². The minimum atomic E-state index is -4.27. The Kier molecular flexibility index (Phi) is 11.0. The number of halogens is 2. The number of rotatable bonds is 12. The smallest absolute Gasteiger partial charge is 0.264 e. The van der Waals surface area contributed by atoms with E-state index in [1.54, 1.807) is 37.4 Å². The van der Waals surface area contributed by atoms with Crippen molar-refractivity contribution in [2.24, 2.45) is 0 Å². The number of ether oxygens (including phenoxy) is 1. The number of nitrogens with one attached hydrogen (secondary N) is 1. The topological polar surface area (TPSA) is 96.0 Å². The van der Waals surface area contributed by atoms with Crippen LogP contribution in [0.25, 0.3) is 0 Å². The number of carbonyl (C=O) groups excluding carboxylic acids is 2. The van der Waals surface area contributed by atoms with Crippen molar-refractivity contribution in [1.82, 2.24) is 10.2 Å². The zero-order valence-electron chi connectivity index (χ0n) is 24.6. The lowest BCUT2D eigenvalue weighted by molar-refractivity contribution is -0.140. The number of sulfonamides is 1. The Hall–Kier alpha value is -3.27. The second-order valence-electron chi connectivity index (χ2n) is 10.7. The maximum atomic E-state index is 14.3. The van der Waals surface area contributed by atoms with Gasteiger partial charge in [-0.2, -0.15) is 0 Å². The van der Waals surface area contributed by atoms with Crippen LogP contribution in [0.4, 0.5) is 5.69 Å². The van der Waals surface area contributed by atoms with Crippen molar-refractivity contribution in [2.75, 3.05) is 18.0 Å². The van der Waals surface area contributed by atoms with E-state index in [2.05, 4.69) is 5.32 Å². The van der Waals surface area contributed by atoms with Crippen molar-refractivity contribution in [1.29, 1.82) is 0 Å². The van der Waals surface area contributed by atoms with Gasteiger partial charge in [0.15, 0.2) is 0 Å². The molecule has 1 aliphatic carbocycles. The summed E-state index contributed by atoms with van der Waals surface area (Å²) in [6.45, 7) is 3.17. The highest BCUT2D eigenvalue weighted by molar-refractivity contribution is 7.92. The van der Waals surface area contributed by atoms with Gasteiger partial charge in [0.2, 0.25) is 11.8 Å². The van der Waals surface area contributed by atoms with Crippen LogP contribution in [0.5, 0.6) is 5.75 Å². The number of anilines is 1. The van der Waals surface area contributed by atoms with Crippen molar-refractivity contribution >= 4 is 50.7 Å². The summed E-state index contributed by atoms with van der Waals surface area (Å²) in [4.78, 5) is 29.3. The molecule has 4 rings (SSSR count). The van der Waals surface area contributed by atoms with Gasteiger partial charge in [-0.3, -0.25) is 13.9 Å². The van der Waals surface area contributed by atoms with E-state index in [0.29, 0.717) is 12.2 Å². The van der Waals surface area contributed by atoms with Crippen molar-refractivity contribution in [3.63, 3.8) is 0 Å². The van der Waals surface area contributed by atoms with E-state index in [-0.39, 0.29) is 39.1 Å². The van der Waals surface area contributed by atoms with Crippen LogP contribution in [-0.2, 0) is 26.2 Å². The van der Waals surface area contributed by atoms with Crippen LogP contribution >= 0.6 is 23.2 Å². The van der Waals surface area contributed by atoms with Crippen molar-refractivity contribution in [3.8, 4) is 5.75 Å². The summed E-state index contributed by atoms with van der Waals surface area (Å²) in [5.41, 5.74) is 1.71. The van der Waals surface area contributed by atoms with E-state index in [4.69, 9.17) is 27.9 Å². The first kappa shape index (κ1) is 32.6. The molecule has 43 heavy (non-hydrogen) atoms. The van der Waals surface area contributed by atoms with Gasteiger partial charge in [0.25, 0.3) is 10.0 Å². The molecule has 230 valence electrons. The van der Waals surface area contributed by atoms with Gasteiger partial charge in [-0.15, -0.1) is 0 Å². The standard InChI is InChI=1S/C32H37Cl2N3O5S/c1-4-29(32(39)35-25-7-5-6-8-25)36(20-23-11-14-26(42-3)15-12-23)31(38)21-37(30-19-24(33)13-18-28(30)34)43(40,41)27-16-9-22(2)10-17-27/h9-19,25,29H,4-8,20-21H2,1-3H3,(H,35,39)/t29-/m0/s1. The molecule has 3 aromatic rings. The Labute approximate surface area is 264 Å². The van der Waals surface area contributed by atoms with E-state index in [1.165, 1.54) is 29.2 Å². The first-order valence-electron chi connectivity index (χ1n) is 14.3. The Bertz CT molecular complexity index is 1530. The molecule has 3 aromatic carbocycles. The lowest BCUT2D eigenvalue weighted by Crippen LogP contribution is -2.53. The maximum Gasteiger partial charge on any atom is 0.264 e. The monoisotopic (exact) mass is 645 g/mol. The number of carbonyl (C=O) groups is 2. The highest BCUT2D eigenvalue weighted by atomic mass is 35.5. The quantitative estimate of drug-likeness (QED) is 0.247. The number of hydrogen-bond donors (Lipinski definition) is 1. The third-order valence-electron chi connectivity index (χ3n) is 7.66. The largest absolute Gasteiger partial charge is 0.497 e. The van der Waals surface area contributed by atoms with Gasteiger partial charge in [-0.05, 0) is 74.2 Å². The predicted octanol–water partition coefficient (Wildman–Crippen LogP) is 6.37. The molecule has 1 atom stereocenters. The summed E-state index contributed by atoms with van der Waals surface area (Å²) in [6.07, 6.45) is 4.21. The molecule has 0 heterocycles. The lowest BCUT2D eigenvalue weighted by atomic mass is 10.1. The summed E-state index contributed by atoms with van der Waals surface area (Å²) >= 11 is 12.8. The van der Waals surface area contributed by atoms with E-state index in [1.807, 2.05) is 26.0 Å². The molecular formula is C32H37Cl2N3O5S. The second-order valence-corrected chi connectivity index (χ2v) is 13.4. The van der Waals surface area contributed by atoms with Gasteiger partial charge < -0.3 is 15.0 Å². The molecule has 0 spiro atoms. The van der Waals surface area contributed by atoms with Gasteiger partial charge in [-0.25, -0.2) is 8.42 Å². The van der Waals surface area contributed by atoms with Crippen molar-refractivity contribution in [3.05, 3.63) is 87.9 Å². The fourth-order valence-corrected chi connectivity index (χ4v) is 7.10. The summed E-state index contributed by atoms with van der Waals surface area (Å²) in [5.74, 6) is -0.167. The zero-order valence-corrected chi connectivity index (χ0v) is 26.9. The molecule has 0 radical (unpaired) electrons. The van der Waals surface area contributed by atoms with Gasteiger partial charge >= 0.3 is 0 Å². The number of nitrogens with zero attached hydrogens (tertiary/aromatic N) is 2. The average molecular weight is 647 g/mol. The van der Waals surface area contributed by atoms with Gasteiger partial charge in [-0.1, -0.05) is 72.8 Å². The first-order chi connectivity index (χ1) is 20.5. The number of hydrogen-bond acceptors (Lipinski definition) is 5. The highest BCUT2D eigenvalue weighted by Gasteiger charge is 2.35. The molecule has 1 fully saturated rings. The van der Waals surface area contributed by atoms with E-state index >= 15 is 0 Å². The fourth-order valence-electron chi connectivity index (χ4n) is 5.24. The molecule has 1 aliphatic rings. The predicted molar refractivity (Wildman–Crippen MR) is 170 cm³/mol. The van der Waals surface area contributed by atoms with Crippen LogP contribution in [0, 0.1) is 6.92 Å².